The van der Waals surface area contributed by atoms with Crippen LogP contribution in [0.3, 0.4) is 0 Å². The van der Waals surface area contributed by atoms with Crippen molar-refractivity contribution in [3.8, 4) is 0 Å². The maximum atomic E-state index is 11.6. The maximum Gasteiger partial charge on any atom is 0.303 e. The van der Waals surface area contributed by atoms with E-state index in [0.717, 1.165) is 11.1 Å². The molecule has 0 spiro atoms. The Balaban J connectivity index is 1.76. The molecule has 1 aliphatic rings. The molecule has 6 nitrogen and oxygen atoms in total. The molecule has 1 saturated heterocycles. The smallest absolute Gasteiger partial charge is 0.303 e. The van der Waals surface area contributed by atoms with Crippen molar-refractivity contribution >= 4 is 5.97 Å². The SMILES string of the molecule is CC(=O)O[C@H]1[C@@H](OCc2ccccc2)[C@H](OCc2ccccc2)[C@H](O)O[C@H]1C. The zero-order chi connectivity index (χ0) is 19.9. The molecule has 1 aliphatic heterocycles. The zero-order valence-corrected chi connectivity index (χ0v) is 16.1. The van der Waals surface area contributed by atoms with Crippen molar-refractivity contribution in [1.82, 2.24) is 0 Å². The van der Waals surface area contributed by atoms with Crippen molar-refractivity contribution in [1.29, 1.82) is 0 Å². The van der Waals surface area contributed by atoms with Gasteiger partial charge in [0, 0.05) is 6.92 Å². The minimum absolute atomic E-state index is 0.276. The van der Waals surface area contributed by atoms with Gasteiger partial charge in [0.15, 0.2) is 12.4 Å². The van der Waals surface area contributed by atoms with Crippen LogP contribution in [0.4, 0.5) is 0 Å². The third-order valence-electron chi connectivity index (χ3n) is 4.62. The van der Waals surface area contributed by atoms with Gasteiger partial charge >= 0.3 is 5.97 Å². The normalized spacial score (nSPS) is 27.3. The summed E-state index contributed by atoms with van der Waals surface area (Å²) >= 11 is 0. The monoisotopic (exact) mass is 386 g/mol. The van der Waals surface area contributed by atoms with Gasteiger partial charge in [0.1, 0.15) is 12.2 Å². The molecule has 1 fully saturated rings. The molecule has 150 valence electrons. The largest absolute Gasteiger partial charge is 0.457 e. The van der Waals surface area contributed by atoms with E-state index in [0.29, 0.717) is 6.61 Å². The molecular weight excluding hydrogens is 360 g/mol. The van der Waals surface area contributed by atoms with Gasteiger partial charge in [-0.2, -0.15) is 0 Å². The highest BCUT2D eigenvalue weighted by Crippen LogP contribution is 2.28. The van der Waals surface area contributed by atoms with Crippen LogP contribution in [0.25, 0.3) is 0 Å². The highest BCUT2D eigenvalue weighted by atomic mass is 16.7. The summed E-state index contributed by atoms with van der Waals surface area (Å²) in [6.07, 6.45) is -3.89. The first-order chi connectivity index (χ1) is 13.5. The Morgan fingerprint density at radius 3 is 1.89 bits per heavy atom. The van der Waals surface area contributed by atoms with E-state index in [4.69, 9.17) is 18.9 Å². The molecule has 0 radical (unpaired) electrons. The lowest BCUT2D eigenvalue weighted by Crippen LogP contribution is -2.59. The van der Waals surface area contributed by atoms with E-state index in [-0.39, 0.29) is 6.61 Å². The van der Waals surface area contributed by atoms with E-state index in [2.05, 4.69) is 0 Å². The lowest BCUT2D eigenvalue weighted by molar-refractivity contribution is -0.302. The number of aliphatic hydroxyl groups is 1. The van der Waals surface area contributed by atoms with E-state index < -0.39 is 36.7 Å². The summed E-state index contributed by atoms with van der Waals surface area (Å²) in [6.45, 7) is 3.65. The highest BCUT2D eigenvalue weighted by molar-refractivity contribution is 5.66. The van der Waals surface area contributed by atoms with Crippen LogP contribution in [-0.2, 0) is 37.0 Å². The van der Waals surface area contributed by atoms with E-state index in [9.17, 15) is 9.90 Å². The molecule has 0 unspecified atom stereocenters. The summed E-state index contributed by atoms with van der Waals surface area (Å²) in [6, 6.07) is 19.3. The second-order valence-corrected chi connectivity index (χ2v) is 6.83. The van der Waals surface area contributed by atoms with E-state index in [1.54, 1.807) is 6.92 Å². The van der Waals surface area contributed by atoms with Gasteiger partial charge < -0.3 is 24.1 Å². The van der Waals surface area contributed by atoms with Crippen molar-refractivity contribution in [2.24, 2.45) is 0 Å². The summed E-state index contributed by atoms with van der Waals surface area (Å²) in [5, 5.41) is 10.5. The molecule has 0 amide bonds. The Morgan fingerprint density at radius 1 is 0.893 bits per heavy atom. The lowest BCUT2D eigenvalue weighted by atomic mass is 9.99. The Bertz CT molecular complexity index is 735. The molecule has 28 heavy (non-hydrogen) atoms. The van der Waals surface area contributed by atoms with Gasteiger partial charge in [-0.15, -0.1) is 0 Å². The minimum Gasteiger partial charge on any atom is -0.457 e. The Labute approximate surface area is 165 Å². The summed E-state index contributed by atoms with van der Waals surface area (Å²) in [7, 11) is 0. The molecule has 1 N–H and O–H groups in total. The first-order valence-electron chi connectivity index (χ1n) is 9.36. The van der Waals surface area contributed by atoms with Crippen LogP contribution in [0.15, 0.2) is 60.7 Å². The van der Waals surface area contributed by atoms with Crippen LogP contribution in [0.5, 0.6) is 0 Å². The van der Waals surface area contributed by atoms with Gasteiger partial charge in [0.25, 0.3) is 0 Å². The average Bonchev–Trinajstić information content (AvgIpc) is 2.69. The number of aliphatic hydroxyl groups excluding tert-OH is 1. The number of benzene rings is 2. The zero-order valence-electron chi connectivity index (χ0n) is 16.1. The van der Waals surface area contributed by atoms with Crippen molar-refractivity contribution in [2.45, 2.75) is 57.8 Å². The summed E-state index contributed by atoms with van der Waals surface area (Å²) in [5.74, 6) is -0.438. The van der Waals surface area contributed by atoms with Gasteiger partial charge in [0.2, 0.25) is 0 Å². The second-order valence-electron chi connectivity index (χ2n) is 6.83. The Kier molecular flexibility index (Phi) is 7.17. The summed E-state index contributed by atoms with van der Waals surface area (Å²) in [5.41, 5.74) is 1.93. The van der Waals surface area contributed by atoms with Gasteiger partial charge in [-0.1, -0.05) is 60.7 Å². The number of carbonyl (C=O) groups excluding carboxylic acids is 1. The van der Waals surface area contributed by atoms with Crippen molar-refractivity contribution in [2.75, 3.05) is 0 Å². The lowest BCUT2D eigenvalue weighted by Gasteiger charge is -2.43. The quantitative estimate of drug-likeness (QED) is 0.738. The van der Waals surface area contributed by atoms with Crippen molar-refractivity contribution in [3.05, 3.63) is 71.8 Å². The predicted molar refractivity (Wildman–Crippen MR) is 102 cm³/mol. The molecule has 1 heterocycles. The third-order valence-corrected chi connectivity index (χ3v) is 4.62. The predicted octanol–water partition coefficient (Wildman–Crippen LogP) is 2.83. The second kappa shape index (κ2) is 9.80. The van der Waals surface area contributed by atoms with Crippen LogP contribution < -0.4 is 0 Å². The molecular formula is C22H26O6. The summed E-state index contributed by atoms with van der Waals surface area (Å²) < 4.78 is 23.0. The fourth-order valence-corrected chi connectivity index (χ4v) is 3.25. The molecule has 2 aromatic rings. The third kappa shape index (κ3) is 5.39. The fraction of sp³-hybridized carbons (Fsp3) is 0.409. The topological polar surface area (TPSA) is 74.2 Å². The van der Waals surface area contributed by atoms with E-state index in [1.165, 1.54) is 6.92 Å². The molecule has 0 bridgehead atoms. The molecule has 0 aliphatic carbocycles. The molecule has 2 aromatic carbocycles. The fourth-order valence-electron chi connectivity index (χ4n) is 3.25. The van der Waals surface area contributed by atoms with Crippen LogP contribution >= 0.6 is 0 Å². The van der Waals surface area contributed by atoms with Crippen LogP contribution in [0.1, 0.15) is 25.0 Å². The van der Waals surface area contributed by atoms with Gasteiger partial charge in [-0.05, 0) is 18.1 Å². The van der Waals surface area contributed by atoms with Gasteiger partial charge in [0.05, 0.1) is 19.3 Å². The molecule has 3 rings (SSSR count). The number of carbonyl (C=O) groups is 1. The highest BCUT2D eigenvalue weighted by Gasteiger charge is 2.47. The van der Waals surface area contributed by atoms with Crippen LogP contribution in [0.2, 0.25) is 0 Å². The summed E-state index contributed by atoms with van der Waals surface area (Å²) in [4.78, 5) is 11.6. The molecule has 0 saturated carbocycles. The number of rotatable bonds is 7. The Hall–Kier alpha value is -2.25. The van der Waals surface area contributed by atoms with Crippen LogP contribution in [-0.4, -0.2) is 41.8 Å². The first kappa shape index (κ1) is 20.5. The average molecular weight is 386 g/mol. The standard InChI is InChI=1S/C22H26O6/c1-15-19(28-16(2)23)20(25-13-17-9-5-3-6-10-17)21(22(24)27-15)26-14-18-11-7-4-8-12-18/h3-12,15,19-22,24H,13-14H2,1-2H3/t15-,19+,20+,21-,22+/m0/s1. The van der Waals surface area contributed by atoms with Gasteiger partial charge in [-0.25, -0.2) is 0 Å². The maximum absolute atomic E-state index is 11.6. The van der Waals surface area contributed by atoms with Gasteiger partial charge in [-0.3, -0.25) is 4.79 Å². The van der Waals surface area contributed by atoms with E-state index >= 15 is 0 Å². The van der Waals surface area contributed by atoms with Crippen molar-refractivity contribution < 1.29 is 28.8 Å². The molecule has 0 aromatic heterocycles. The number of hydrogen-bond acceptors (Lipinski definition) is 6. The van der Waals surface area contributed by atoms with Crippen LogP contribution in [0, 0.1) is 0 Å². The number of esters is 1. The van der Waals surface area contributed by atoms with Crippen molar-refractivity contribution in [3.63, 3.8) is 0 Å². The van der Waals surface area contributed by atoms with E-state index in [1.807, 2.05) is 60.7 Å². The Morgan fingerprint density at radius 2 is 1.39 bits per heavy atom. The number of hydrogen-bond donors (Lipinski definition) is 1. The number of ether oxygens (including phenoxy) is 4. The first-order valence-corrected chi connectivity index (χ1v) is 9.36. The molecule has 6 heteroatoms. The molecule has 5 atom stereocenters. The minimum atomic E-state index is -1.19.